The van der Waals surface area contributed by atoms with E-state index in [4.69, 9.17) is 0 Å². The van der Waals surface area contributed by atoms with Gasteiger partial charge in [0.05, 0.1) is 11.7 Å². The van der Waals surface area contributed by atoms with Crippen molar-refractivity contribution < 1.29 is 9.90 Å². The Morgan fingerprint density at radius 2 is 2.56 bits per heavy atom. The molecule has 2 rings (SSSR count). The first-order valence-corrected chi connectivity index (χ1v) is 6.20. The van der Waals surface area contributed by atoms with Gasteiger partial charge in [0.25, 0.3) is 0 Å². The second-order valence-electron chi connectivity index (χ2n) is 4.97. The van der Waals surface area contributed by atoms with Crippen LogP contribution >= 0.6 is 0 Å². The molecule has 0 bridgehead atoms. The number of piperidine rings is 1. The van der Waals surface area contributed by atoms with Crippen LogP contribution in [0.15, 0.2) is 25.2 Å². The number of aromatic nitrogens is 2. The van der Waals surface area contributed by atoms with Crippen LogP contribution in [0.5, 0.6) is 0 Å². The van der Waals surface area contributed by atoms with E-state index in [1.54, 1.807) is 18.6 Å². The fourth-order valence-corrected chi connectivity index (χ4v) is 2.68. The molecule has 98 valence electrons. The fraction of sp³-hybridized carbons (Fsp3) is 0.538. The molecule has 1 aromatic heterocycles. The van der Waals surface area contributed by atoms with E-state index in [-0.39, 0.29) is 0 Å². The normalized spacial score (nSPS) is 24.9. The largest absolute Gasteiger partial charge is 0.481 e. The summed E-state index contributed by atoms with van der Waals surface area (Å²) in [4.78, 5) is 20.7. The zero-order chi connectivity index (χ0) is 13.0. The molecule has 2 heterocycles. The number of carbonyl (C=O) groups is 1. The maximum absolute atomic E-state index is 11.5. The molecule has 1 saturated heterocycles. The number of rotatable bonds is 5. The second kappa shape index (κ2) is 5.35. The third kappa shape index (κ3) is 2.61. The molecular weight excluding hydrogens is 230 g/mol. The lowest BCUT2D eigenvalue weighted by atomic mass is 9.77. The standard InChI is InChI=1S/C13H19N3O2/c1-2-4-13(12(17)18)5-3-6-16(9-13)8-11-7-14-10-15-11/h2,7,10H,1,3-6,8-9H2,(H,14,15)(H,17,18)/t13-/m0/s1. The molecule has 1 aromatic rings. The van der Waals surface area contributed by atoms with Gasteiger partial charge in [-0.25, -0.2) is 4.98 Å². The van der Waals surface area contributed by atoms with Gasteiger partial charge in [-0.15, -0.1) is 6.58 Å². The summed E-state index contributed by atoms with van der Waals surface area (Å²) >= 11 is 0. The number of imidazole rings is 1. The molecule has 5 nitrogen and oxygen atoms in total. The molecule has 18 heavy (non-hydrogen) atoms. The Hall–Kier alpha value is -1.62. The Morgan fingerprint density at radius 1 is 1.72 bits per heavy atom. The van der Waals surface area contributed by atoms with Crippen molar-refractivity contribution in [2.75, 3.05) is 13.1 Å². The summed E-state index contributed by atoms with van der Waals surface area (Å²) in [6, 6.07) is 0. The summed E-state index contributed by atoms with van der Waals surface area (Å²) in [6.45, 7) is 5.93. The first-order chi connectivity index (χ1) is 8.66. The van der Waals surface area contributed by atoms with Crippen molar-refractivity contribution in [2.45, 2.75) is 25.8 Å². The van der Waals surface area contributed by atoms with Gasteiger partial charge >= 0.3 is 5.97 Å². The van der Waals surface area contributed by atoms with Gasteiger partial charge in [0.15, 0.2) is 0 Å². The highest BCUT2D eigenvalue weighted by Gasteiger charge is 2.41. The molecule has 0 saturated carbocycles. The minimum Gasteiger partial charge on any atom is -0.481 e. The van der Waals surface area contributed by atoms with E-state index in [1.807, 2.05) is 0 Å². The molecule has 1 aliphatic heterocycles. The van der Waals surface area contributed by atoms with Gasteiger partial charge < -0.3 is 10.1 Å². The summed E-state index contributed by atoms with van der Waals surface area (Å²) in [6.07, 6.45) is 7.32. The van der Waals surface area contributed by atoms with E-state index in [2.05, 4.69) is 21.4 Å². The van der Waals surface area contributed by atoms with Crippen LogP contribution in [0.4, 0.5) is 0 Å². The van der Waals surface area contributed by atoms with E-state index in [9.17, 15) is 9.90 Å². The van der Waals surface area contributed by atoms with E-state index >= 15 is 0 Å². The summed E-state index contributed by atoms with van der Waals surface area (Å²) < 4.78 is 0. The van der Waals surface area contributed by atoms with Gasteiger partial charge in [-0.2, -0.15) is 0 Å². The van der Waals surface area contributed by atoms with Gasteiger partial charge in [0.2, 0.25) is 0 Å². The Labute approximate surface area is 107 Å². The molecule has 0 unspecified atom stereocenters. The highest BCUT2D eigenvalue weighted by Crippen LogP contribution is 2.34. The van der Waals surface area contributed by atoms with Crippen molar-refractivity contribution in [1.82, 2.24) is 14.9 Å². The molecule has 0 radical (unpaired) electrons. The molecule has 0 aliphatic carbocycles. The van der Waals surface area contributed by atoms with Crippen LogP contribution in [-0.2, 0) is 11.3 Å². The third-order valence-electron chi connectivity index (χ3n) is 3.59. The number of hydrogen-bond donors (Lipinski definition) is 2. The van der Waals surface area contributed by atoms with Gasteiger partial charge in [-0.3, -0.25) is 9.69 Å². The van der Waals surface area contributed by atoms with Crippen molar-refractivity contribution in [2.24, 2.45) is 5.41 Å². The minimum atomic E-state index is -0.711. The lowest BCUT2D eigenvalue weighted by Crippen LogP contribution is -2.47. The third-order valence-corrected chi connectivity index (χ3v) is 3.59. The van der Waals surface area contributed by atoms with Crippen LogP contribution in [0.3, 0.4) is 0 Å². The van der Waals surface area contributed by atoms with E-state index in [1.165, 1.54) is 0 Å². The summed E-state index contributed by atoms with van der Waals surface area (Å²) in [5.41, 5.74) is 0.356. The van der Waals surface area contributed by atoms with Crippen LogP contribution in [0.2, 0.25) is 0 Å². The van der Waals surface area contributed by atoms with Crippen molar-refractivity contribution in [3.8, 4) is 0 Å². The number of carboxylic acids is 1. The Balaban J connectivity index is 2.06. The van der Waals surface area contributed by atoms with Crippen LogP contribution in [0.1, 0.15) is 25.0 Å². The zero-order valence-corrected chi connectivity index (χ0v) is 10.4. The predicted octanol–water partition coefficient (Wildman–Crippen LogP) is 1.65. The van der Waals surface area contributed by atoms with Crippen LogP contribution in [0.25, 0.3) is 0 Å². The van der Waals surface area contributed by atoms with Crippen LogP contribution in [0, 0.1) is 5.41 Å². The molecule has 1 aliphatic rings. The molecule has 0 spiro atoms. The molecule has 1 fully saturated rings. The number of likely N-dealkylation sites (tertiary alicyclic amines) is 1. The number of aromatic amines is 1. The zero-order valence-electron chi connectivity index (χ0n) is 10.4. The lowest BCUT2D eigenvalue weighted by Gasteiger charge is -2.39. The molecule has 2 N–H and O–H groups in total. The molecule has 5 heteroatoms. The number of carboxylic acid groups (broad SMARTS) is 1. The molecule has 0 aromatic carbocycles. The molecule has 1 atom stereocenters. The van der Waals surface area contributed by atoms with E-state index in [0.717, 1.165) is 31.6 Å². The van der Waals surface area contributed by atoms with Crippen LogP contribution in [-0.4, -0.2) is 39.0 Å². The van der Waals surface area contributed by atoms with Gasteiger partial charge in [-0.05, 0) is 25.8 Å². The number of nitrogens with one attached hydrogen (secondary N) is 1. The maximum Gasteiger partial charge on any atom is 0.311 e. The van der Waals surface area contributed by atoms with Crippen LogP contribution < -0.4 is 0 Å². The number of hydrogen-bond acceptors (Lipinski definition) is 3. The Morgan fingerprint density at radius 3 is 3.17 bits per heavy atom. The average Bonchev–Trinajstić information content (AvgIpc) is 2.82. The van der Waals surface area contributed by atoms with Crippen molar-refractivity contribution >= 4 is 5.97 Å². The maximum atomic E-state index is 11.5. The lowest BCUT2D eigenvalue weighted by molar-refractivity contribution is -0.152. The average molecular weight is 249 g/mol. The monoisotopic (exact) mass is 249 g/mol. The quantitative estimate of drug-likeness (QED) is 0.779. The summed E-state index contributed by atoms with van der Waals surface area (Å²) in [7, 11) is 0. The number of nitrogens with zero attached hydrogens (tertiary/aromatic N) is 2. The SMILES string of the molecule is C=CC[C@]1(C(=O)O)CCCN(Cc2cnc[nH]2)C1. The Kier molecular flexibility index (Phi) is 3.81. The van der Waals surface area contributed by atoms with Crippen molar-refractivity contribution in [1.29, 1.82) is 0 Å². The first-order valence-electron chi connectivity index (χ1n) is 6.20. The summed E-state index contributed by atoms with van der Waals surface area (Å²) in [5.74, 6) is -0.711. The van der Waals surface area contributed by atoms with E-state index in [0.29, 0.717) is 13.0 Å². The Bertz CT molecular complexity index is 416. The number of aliphatic carboxylic acids is 1. The minimum absolute atomic E-state index is 0.530. The number of H-pyrrole nitrogens is 1. The van der Waals surface area contributed by atoms with Gasteiger partial charge in [0.1, 0.15) is 0 Å². The fourth-order valence-electron chi connectivity index (χ4n) is 2.68. The van der Waals surface area contributed by atoms with E-state index < -0.39 is 11.4 Å². The predicted molar refractivity (Wildman–Crippen MR) is 68.0 cm³/mol. The highest BCUT2D eigenvalue weighted by molar-refractivity contribution is 5.75. The van der Waals surface area contributed by atoms with Gasteiger partial charge in [-0.1, -0.05) is 6.08 Å². The summed E-state index contributed by atoms with van der Waals surface area (Å²) in [5, 5.41) is 9.47. The first kappa shape index (κ1) is 12.8. The van der Waals surface area contributed by atoms with Gasteiger partial charge in [0, 0.05) is 25.0 Å². The van der Waals surface area contributed by atoms with Crippen molar-refractivity contribution in [3.05, 3.63) is 30.9 Å². The second-order valence-corrected chi connectivity index (χ2v) is 4.97. The number of allylic oxidation sites excluding steroid dienone is 1. The van der Waals surface area contributed by atoms with Crippen molar-refractivity contribution in [3.63, 3.8) is 0 Å². The topological polar surface area (TPSA) is 69.2 Å². The highest BCUT2D eigenvalue weighted by atomic mass is 16.4. The smallest absolute Gasteiger partial charge is 0.311 e. The molecule has 0 amide bonds. The molecular formula is C13H19N3O2.